The maximum Gasteiger partial charge on any atom is 0.275 e. The molecule has 0 fully saturated rings. The molecule has 158 valence electrons. The smallest absolute Gasteiger partial charge is 0.275 e. The summed E-state index contributed by atoms with van der Waals surface area (Å²) in [5.41, 5.74) is 5.19. The Hall–Kier alpha value is -4.13. The van der Waals surface area contributed by atoms with Crippen molar-refractivity contribution in [3.8, 4) is 11.5 Å². The van der Waals surface area contributed by atoms with Gasteiger partial charge in [-0.25, -0.2) is 0 Å². The zero-order valence-electron chi connectivity index (χ0n) is 17.5. The van der Waals surface area contributed by atoms with Gasteiger partial charge in [0.15, 0.2) is 11.5 Å². The summed E-state index contributed by atoms with van der Waals surface area (Å²) in [6.45, 7) is 2.46. The number of benzene rings is 1. The molecule has 5 heterocycles. The lowest BCUT2D eigenvalue weighted by molar-refractivity contribution is 0.0682. The molecule has 32 heavy (non-hydrogen) atoms. The third-order valence-corrected chi connectivity index (χ3v) is 6.07. The Morgan fingerprint density at radius 2 is 2.00 bits per heavy atom. The number of H-pyrrole nitrogens is 2. The monoisotopic (exact) mass is 423 g/mol. The molecule has 1 aliphatic rings. The number of aromatic nitrogens is 4. The van der Waals surface area contributed by atoms with E-state index in [0.717, 1.165) is 29.1 Å². The number of aromatic amines is 2. The first-order chi connectivity index (χ1) is 15.7. The maximum atomic E-state index is 13.6. The van der Waals surface area contributed by atoms with E-state index in [2.05, 4.69) is 32.3 Å². The van der Waals surface area contributed by atoms with Gasteiger partial charge in [-0.05, 0) is 49.2 Å². The van der Waals surface area contributed by atoms with Crippen molar-refractivity contribution in [3.63, 3.8) is 0 Å². The molecular weight excluding hydrogens is 402 g/mol. The van der Waals surface area contributed by atoms with E-state index in [-0.39, 0.29) is 11.9 Å². The SMILES string of the molecule is Cc1ccc(-c2cc(C(=O)N3CCc4c([nH]c5ccccc45)C3c3ccccn3)n[nH]2)o1. The number of carbonyl (C=O) groups excluding carboxylic acids is 1. The van der Waals surface area contributed by atoms with Crippen molar-refractivity contribution >= 4 is 16.8 Å². The number of carbonyl (C=O) groups is 1. The van der Waals surface area contributed by atoms with Gasteiger partial charge in [0.25, 0.3) is 5.91 Å². The Morgan fingerprint density at radius 1 is 1.12 bits per heavy atom. The summed E-state index contributed by atoms with van der Waals surface area (Å²) < 4.78 is 5.67. The second-order valence-electron chi connectivity index (χ2n) is 8.05. The summed E-state index contributed by atoms with van der Waals surface area (Å²) in [6.07, 6.45) is 2.53. The van der Waals surface area contributed by atoms with Crippen LogP contribution in [0.25, 0.3) is 22.4 Å². The minimum absolute atomic E-state index is 0.143. The Labute approximate surface area is 184 Å². The molecule has 4 aromatic heterocycles. The van der Waals surface area contributed by atoms with E-state index in [4.69, 9.17) is 4.42 Å². The molecule has 0 saturated carbocycles. The lowest BCUT2D eigenvalue weighted by Crippen LogP contribution is -2.41. The van der Waals surface area contributed by atoms with Gasteiger partial charge in [0.1, 0.15) is 17.5 Å². The van der Waals surface area contributed by atoms with Gasteiger partial charge in [0, 0.05) is 35.4 Å². The summed E-state index contributed by atoms with van der Waals surface area (Å²) >= 11 is 0. The molecule has 7 nitrogen and oxygen atoms in total. The Balaban J connectivity index is 1.43. The molecule has 0 spiro atoms. The van der Waals surface area contributed by atoms with Crippen molar-refractivity contribution in [1.29, 1.82) is 0 Å². The number of rotatable bonds is 3. The number of para-hydroxylation sites is 1. The predicted octanol–water partition coefficient (Wildman–Crippen LogP) is 4.64. The van der Waals surface area contributed by atoms with Gasteiger partial charge in [0.2, 0.25) is 0 Å². The van der Waals surface area contributed by atoms with Crippen molar-refractivity contribution in [1.82, 2.24) is 25.1 Å². The second kappa shape index (κ2) is 7.23. The quantitative estimate of drug-likeness (QED) is 0.442. The Kier molecular flexibility index (Phi) is 4.21. The van der Waals surface area contributed by atoms with Crippen LogP contribution >= 0.6 is 0 Å². The van der Waals surface area contributed by atoms with E-state index < -0.39 is 0 Å². The molecular formula is C25H21N5O2. The van der Waals surface area contributed by atoms with Crippen LogP contribution in [0.4, 0.5) is 0 Å². The Bertz CT molecular complexity index is 1430. The van der Waals surface area contributed by atoms with Crippen LogP contribution in [0.5, 0.6) is 0 Å². The van der Waals surface area contributed by atoms with E-state index in [0.29, 0.717) is 23.7 Å². The van der Waals surface area contributed by atoms with Gasteiger partial charge in [0.05, 0.1) is 5.69 Å². The largest absolute Gasteiger partial charge is 0.460 e. The molecule has 1 aromatic carbocycles. The standard InChI is InChI=1S/C25H21N5O2/c1-15-9-10-22(32-15)20-14-21(29-28-20)25(31)30-13-11-17-16-6-2-3-7-18(16)27-23(17)24(30)19-8-4-5-12-26-19/h2-10,12,14,24,27H,11,13H2,1H3,(H,28,29). The van der Waals surface area contributed by atoms with Crippen LogP contribution in [0.2, 0.25) is 0 Å². The van der Waals surface area contributed by atoms with Crippen LogP contribution in [0.3, 0.4) is 0 Å². The molecule has 0 saturated heterocycles. The normalized spacial score (nSPS) is 15.8. The second-order valence-corrected chi connectivity index (χ2v) is 8.05. The van der Waals surface area contributed by atoms with Crippen LogP contribution < -0.4 is 0 Å². The molecule has 0 bridgehead atoms. The van der Waals surface area contributed by atoms with Crippen LogP contribution in [-0.4, -0.2) is 37.5 Å². The third-order valence-electron chi connectivity index (χ3n) is 6.07. The first-order valence-corrected chi connectivity index (χ1v) is 10.6. The molecule has 6 rings (SSSR count). The fourth-order valence-electron chi connectivity index (χ4n) is 4.59. The molecule has 5 aromatic rings. The van der Waals surface area contributed by atoms with E-state index in [1.165, 1.54) is 10.9 Å². The average Bonchev–Trinajstić information content (AvgIpc) is 3.56. The molecule has 1 aliphatic heterocycles. The lowest BCUT2D eigenvalue weighted by Gasteiger charge is -2.35. The van der Waals surface area contributed by atoms with Crippen LogP contribution in [0, 0.1) is 6.92 Å². The van der Waals surface area contributed by atoms with Crippen LogP contribution in [-0.2, 0) is 6.42 Å². The fraction of sp³-hybridized carbons (Fsp3) is 0.160. The molecule has 2 N–H and O–H groups in total. The molecule has 1 atom stereocenters. The highest BCUT2D eigenvalue weighted by Gasteiger charge is 2.36. The van der Waals surface area contributed by atoms with Gasteiger partial charge in [-0.3, -0.25) is 14.9 Å². The minimum atomic E-state index is -0.314. The van der Waals surface area contributed by atoms with Crippen molar-refractivity contribution in [2.75, 3.05) is 6.54 Å². The zero-order chi connectivity index (χ0) is 21.7. The Morgan fingerprint density at radius 3 is 2.81 bits per heavy atom. The highest BCUT2D eigenvalue weighted by atomic mass is 16.3. The van der Waals surface area contributed by atoms with Crippen molar-refractivity contribution in [3.05, 3.63) is 95.3 Å². The van der Waals surface area contributed by atoms with Crippen molar-refractivity contribution in [2.45, 2.75) is 19.4 Å². The molecule has 1 unspecified atom stereocenters. The first-order valence-electron chi connectivity index (χ1n) is 10.6. The summed E-state index contributed by atoms with van der Waals surface area (Å²) in [5, 5.41) is 8.43. The highest BCUT2D eigenvalue weighted by Crippen LogP contribution is 2.38. The fourth-order valence-corrected chi connectivity index (χ4v) is 4.59. The van der Waals surface area contributed by atoms with Gasteiger partial charge < -0.3 is 14.3 Å². The van der Waals surface area contributed by atoms with Crippen molar-refractivity contribution in [2.24, 2.45) is 0 Å². The number of fused-ring (bicyclic) bond motifs is 3. The predicted molar refractivity (Wildman–Crippen MR) is 120 cm³/mol. The van der Waals surface area contributed by atoms with E-state index >= 15 is 0 Å². The number of nitrogens with one attached hydrogen (secondary N) is 2. The molecule has 1 amide bonds. The number of amides is 1. The molecule has 7 heteroatoms. The van der Waals surface area contributed by atoms with E-state index in [1.54, 1.807) is 12.3 Å². The maximum absolute atomic E-state index is 13.6. The molecule has 0 radical (unpaired) electrons. The zero-order valence-corrected chi connectivity index (χ0v) is 17.5. The van der Waals surface area contributed by atoms with E-state index in [1.807, 2.05) is 54.3 Å². The number of hydrogen-bond acceptors (Lipinski definition) is 4. The van der Waals surface area contributed by atoms with E-state index in [9.17, 15) is 4.79 Å². The lowest BCUT2D eigenvalue weighted by atomic mass is 9.94. The van der Waals surface area contributed by atoms with Gasteiger partial charge in [-0.2, -0.15) is 5.10 Å². The highest BCUT2D eigenvalue weighted by molar-refractivity contribution is 5.94. The van der Waals surface area contributed by atoms with Crippen LogP contribution in [0.15, 0.2) is 71.3 Å². The number of nitrogens with zero attached hydrogens (tertiary/aromatic N) is 3. The minimum Gasteiger partial charge on any atom is -0.460 e. The third kappa shape index (κ3) is 2.93. The summed E-state index contributed by atoms with van der Waals surface area (Å²) in [4.78, 5) is 23.6. The summed E-state index contributed by atoms with van der Waals surface area (Å²) in [5.74, 6) is 1.32. The molecule has 0 aliphatic carbocycles. The topological polar surface area (TPSA) is 90.8 Å². The van der Waals surface area contributed by atoms with Gasteiger partial charge >= 0.3 is 0 Å². The van der Waals surface area contributed by atoms with Gasteiger partial charge in [-0.1, -0.05) is 24.3 Å². The van der Waals surface area contributed by atoms with Gasteiger partial charge in [-0.15, -0.1) is 0 Å². The van der Waals surface area contributed by atoms with Crippen LogP contribution in [0.1, 0.15) is 39.2 Å². The number of aryl methyl sites for hydroxylation is 1. The number of pyridine rings is 1. The number of furan rings is 1. The average molecular weight is 423 g/mol. The summed E-state index contributed by atoms with van der Waals surface area (Å²) in [7, 11) is 0. The number of hydrogen-bond donors (Lipinski definition) is 2. The first kappa shape index (κ1) is 18.6. The van der Waals surface area contributed by atoms with Crippen molar-refractivity contribution < 1.29 is 9.21 Å². The summed E-state index contributed by atoms with van der Waals surface area (Å²) in [6, 6.07) is 19.3.